The Balaban J connectivity index is 3.70. The van der Waals surface area contributed by atoms with E-state index < -0.39 is 6.03 Å². The van der Waals surface area contributed by atoms with E-state index in [1.165, 1.54) is 18.8 Å². The molecule has 0 rings (SSSR count). The molecule has 0 radical (unpaired) electrons. The van der Waals surface area contributed by atoms with Gasteiger partial charge in [0.1, 0.15) is 0 Å². The van der Waals surface area contributed by atoms with E-state index in [9.17, 15) is 9.59 Å². The van der Waals surface area contributed by atoms with Crippen LogP contribution in [-0.2, 0) is 4.79 Å². The van der Waals surface area contributed by atoms with E-state index in [0.29, 0.717) is 6.54 Å². The van der Waals surface area contributed by atoms with E-state index in [1.54, 1.807) is 6.92 Å². The predicted octanol–water partition coefficient (Wildman–Crippen LogP) is -0.0875. The Morgan fingerprint density at radius 1 is 1.50 bits per heavy atom. The lowest BCUT2D eigenvalue weighted by Crippen LogP contribution is -2.41. The normalized spacial score (nSPS) is 11.9. The molecule has 0 aliphatic heterocycles. The molecule has 5 nitrogen and oxygen atoms in total. The van der Waals surface area contributed by atoms with Crippen LogP contribution in [0.15, 0.2) is 0 Å². The summed E-state index contributed by atoms with van der Waals surface area (Å²) in [6, 6.07) is -0.471. The van der Waals surface area contributed by atoms with Crippen LogP contribution < -0.4 is 16.4 Å². The highest BCUT2D eigenvalue weighted by molar-refractivity contribution is 8.00. The minimum absolute atomic E-state index is 0.223. The molecule has 0 bridgehead atoms. The minimum atomic E-state index is -0.471. The summed E-state index contributed by atoms with van der Waals surface area (Å²) in [5, 5.41) is 4.31. The molecule has 0 saturated heterocycles. The van der Waals surface area contributed by atoms with Crippen LogP contribution in [0.3, 0.4) is 0 Å². The van der Waals surface area contributed by atoms with E-state index in [1.807, 2.05) is 0 Å². The van der Waals surface area contributed by atoms with Crippen molar-refractivity contribution in [3.8, 4) is 0 Å². The molecule has 1 unspecified atom stereocenters. The molecule has 82 valence electrons. The standard InChI is InChI=1S/C8H17N3O2S/c1-6(14-5-3-4-9)7(12)11-8(13)10-2/h6H,3-5,9H2,1-2H3,(H2,10,11,12,13). The van der Waals surface area contributed by atoms with Gasteiger partial charge in [-0.25, -0.2) is 4.79 Å². The number of nitrogens with one attached hydrogen (secondary N) is 2. The first kappa shape index (κ1) is 13.2. The number of urea groups is 1. The average molecular weight is 219 g/mol. The Morgan fingerprint density at radius 3 is 2.64 bits per heavy atom. The Bertz CT molecular complexity index is 199. The summed E-state index contributed by atoms with van der Waals surface area (Å²) in [5.41, 5.74) is 5.32. The molecule has 0 aliphatic rings. The number of hydrogen-bond acceptors (Lipinski definition) is 4. The number of imide groups is 1. The number of rotatable bonds is 5. The Morgan fingerprint density at radius 2 is 2.14 bits per heavy atom. The summed E-state index contributed by atoms with van der Waals surface area (Å²) in [6.45, 7) is 2.39. The predicted molar refractivity (Wildman–Crippen MR) is 58.2 cm³/mol. The van der Waals surface area contributed by atoms with Gasteiger partial charge in [-0.2, -0.15) is 0 Å². The fourth-order valence-electron chi connectivity index (χ4n) is 0.695. The Labute approximate surface area is 88.2 Å². The molecular weight excluding hydrogens is 202 g/mol. The molecule has 1 atom stereocenters. The third-order valence-corrected chi connectivity index (χ3v) is 2.79. The second-order valence-corrected chi connectivity index (χ2v) is 4.17. The van der Waals surface area contributed by atoms with E-state index in [2.05, 4.69) is 10.6 Å². The van der Waals surface area contributed by atoms with Crippen molar-refractivity contribution in [3.05, 3.63) is 0 Å². The van der Waals surface area contributed by atoms with Crippen LogP contribution in [0, 0.1) is 0 Å². The van der Waals surface area contributed by atoms with Gasteiger partial charge < -0.3 is 11.1 Å². The zero-order chi connectivity index (χ0) is 11.0. The molecule has 0 aliphatic carbocycles. The van der Waals surface area contributed by atoms with Crippen molar-refractivity contribution in [2.24, 2.45) is 5.73 Å². The van der Waals surface area contributed by atoms with Crippen LogP contribution in [0.2, 0.25) is 0 Å². The van der Waals surface area contributed by atoms with E-state index in [4.69, 9.17) is 5.73 Å². The van der Waals surface area contributed by atoms with Crippen molar-refractivity contribution >= 4 is 23.7 Å². The topological polar surface area (TPSA) is 84.2 Å². The maximum absolute atomic E-state index is 11.3. The van der Waals surface area contributed by atoms with Gasteiger partial charge in [-0.05, 0) is 25.6 Å². The maximum atomic E-state index is 11.3. The molecule has 0 spiro atoms. The van der Waals surface area contributed by atoms with Crippen molar-refractivity contribution in [2.75, 3.05) is 19.3 Å². The zero-order valence-electron chi connectivity index (χ0n) is 8.50. The molecule has 4 N–H and O–H groups in total. The van der Waals surface area contributed by atoms with Crippen LogP contribution >= 0.6 is 11.8 Å². The fraction of sp³-hybridized carbons (Fsp3) is 0.750. The summed E-state index contributed by atoms with van der Waals surface area (Å²) >= 11 is 1.49. The van der Waals surface area contributed by atoms with Gasteiger partial charge in [0.15, 0.2) is 0 Å². The maximum Gasteiger partial charge on any atom is 0.321 e. The molecule has 6 heteroatoms. The van der Waals surface area contributed by atoms with E-state index >= 15 is 0 Å². The first-order valence-corrected chi connectivity index (χ1v) is 5.51. The molecule has 0 heterocycles. The third-order valence-electron chi connectivity index (χ3n) is 1.55. The highest BCUT2D eigenvalue weighted by Crippen LogP contribution is 2.10. The van der Waals surface area contributed by atoms with Crippen molar-refractivity contribution in [1.82, 2.24) is 10.6 Å². The van der Waals surface area contributed by atoms with Gasteiger partial charge >= 0.3 is 6.03 Å². The van der Waals surface area contributed by atoms with Gasteiger partial charge in [0.25, 0.3) is 0 Å². The quantitative estimate of drug-likeness (QED) is 0.564. The summed E-state index contributed by atoms with van der Waals surface area (Å²) < 4.78 is 0. The van der Waals surface area contributed by atoms with Crippen molar-refractivity contribution < 1.29 is 9.59 Å². The fourth-order valence-corrected chi connectivity index (χ4v) is 1.59. The average Bonchev–Trinajstić information content (AvgIpc) is 2.17. The number of hydrogen-bond donors (Lipinski definition) is 3. The number of nitrogens with two attached hydrogens (primary N) is 1. The Hall–Kier alpha value is -0.750. The third kappa shape index (κ3) is 5.82. The van der Waals surface area contributed by atoms with Crippen molar-refractivity contribution in [3.63, 3.8) is 0 Å². The van der Waals surface area contributed by atoms with Crippen molar-refractivity contribution in [1.29, 1.82) is 0 Å². The Kier molecular flexibility index (Phi) is 7.23. The second kappa shape index (κ2) is 7.64. The van der Waals surface area contributed by atoms with Crippen molar-refractivity contribution in [2.45, 2.75) is 18.6 Å². The highest BCUT2D eigenvalue weighted by atomic mass is 32.2. The summed E-state index contributed by atoms with van der Waals surface area (Å²) in [7, 11) is 1.47. The van der Waals surface area contributed by atoms with Gasteiger partial charge in [-0.15, -0.1) is 11.8 Å². The van der Waals surface area contributed by atoms with E-state index in [0.717, 1.165) is 12.2 Å². The van der Waals surface area contributed by atoms with Crippen LogP contribution in [0.25, 0.3) is 0 Å². The lowest BCUT2D eigenvalue weighted by molar-refractivity contribution is -0.119. The SMILES string of the molecule is CNC(=O)NC(=O)C(C)SCCCN. The lowest BCUT2D eigenvalue weighted by atomic mass is 10.4. The molecule has 0 saturated carbocycles. The minimum Gasteiger partial charge on any atom is -0.341 e. The number of carbonyl (C=O) groups is 2. The number of amides is 3. The van der Waals surface area contributed by atoms with Crippen LogP contribution in [-0.4, -0.2) is 36.5 Å². The monoisotopic (exact) mass is 219 g/mol. The zero-order valence-corrected chi connectivity index (χ0v) is 9.32. The molecule has 0 aromatic carbocycles. The van der Waals surface area contributed by atoms with Crippen LogP contribution in [0.1, 0.15) is 13.3 Å². The first-order chi connectivity index (χ1) is 6.61. The number of carbonyl (C=O) groups excluding carboxylic acids is 2. The largest absolute Gasteiger partial charge is 0.341 e. The molecule has 0 fully saturated rings. The summed E-state index contributed by atoms with van der Waals surface area (Å²) in [6.07, 6.45) is 0.877. The van der Waals surface area contributed by atoms with Gasteiger partial charge in [0.2, 0.25) is 5.91 Å². The van der Waals surface area contributed by atoms with Crippen LogP contribution in [0.4, 0.5) is 4.79 Å². The smallest absolute Gasteiger partial charge is 0.321 e. The van der Waals surface area contributed by atoms with Gasteiger partial charge in [-0.3, -0.25) is 10.1 Å². The summed E-state index contributed by atoms with van der Waals surface area (Å²) in [4.78, 5) is 22.1. The molecule has 0 aromatic rings. The van der Waals surface area contributed by atoms with Crippen LogP contribution in [0.5, 0.6) is 0 Å². The lowest BCUT2D eigenvalue weighted by Gasteiger charge is -2.10. The van der Waals surface area contributed by atoms with Gasteiger partial charge in [0, 0.05) is 7.05 Å². The number of thioether (sulfide) groups is 1. The molecule has 14 heavy (non-hydrogen) atoms. The molecule has 0 aromatic heterocycles. The van der Waals surface area contributed by atoms with Gasteiger partial charge in [-0.1, -0.05) is 0 Å². The van der Waals surface area contributed by atoms with E-state index in [-0.39, 0.29) is 11.2 Å². The molecular formula is C8H17N3O2S. The summed E-state index contributed by atoms with van der Waals surface area (Å²) in [5.74, 6) is 0.560. The van der Waals surface area contributed by atoms with Gasteiger partial charge in [0.05, 0.1) is 5.25 Å². The second-order valence-electron chi connectivity index (χ2n) is 2.72. The highest BCUT2D eigenvalue weighted by Gasteiger charge is 2.14. The first-order valence-electron chi connectivity index (χ1n) is 4.46. The molecule has 3 amide bonds.